The van der Waals surface area contributed by atoms with Crippen LogP contribution in [0.1, 0.15) is 18.0 Å². The number of rotatable bonds is 5. The molecule has 10 heteroatoms. The first-order valence-corrected chi connectivity index (χ1v) is 12.4. The maximum atomic E-state index is 14.0. The lowest BCUT2D eigenvalue weighted by molar-refractivity contribution is -0.117. The van der Waals surface area contributed by atoms with Crippen LogP contribution in [0.4, 0.5) is 14.5 Å². The molecule has 1 amide bonds. The molecule has 1 unspecified atom stereocenters. The Kier molecular flexibility index (Phi) is 5.41. The average molecular weight is 483 g/mol. The van der Waals surface area contributed by atoms with E-state index in [0.717, 1.165) is 17.2 Å². The van der Waals surface area contributed by atoms with Gasteiger partial charge in [-0.1, -0.05) is 12.1 Å². The summed E-state index contributed by atoms with van der Waals surface area (Å²) in [5, 5.41) is 5.11. The minimum Gasteiger partial charge on any atom is -0.303 e. The third-order valence-electron chi connectivity index (χ3n) is 5.78. The molecule has 5 rings (SSSR count). The van der Waals surface area contributed by atoms with Crippen molar-refractivity contribution in [2.75, 3.05) is 11.2 Å². The monoisotopic (exact) mass is 482 g/mol. The second-order valence-electron chi connectivity index (χ2n) is 8.24. The van der Waals surface area contributed by atoms with Crippen molar-refractivity contribution in [3.8, 4) is 5.69 Å². The van der Waals surface area contributed by atoms with Gasteiger partial charge < -0.3 is 4.90 Å². The Hall–Kier alpha value is -3.63. The van der Waals surface area contributed by atoms with Gasteiger partial charge in [-0.05, 0) is 60.2 Å². The van der Waals surface area contributed by atoms with Gasteiger partial charge in [0.25, 0.3) is 0 Å². The van der Waals surface area contributed by atoms with Gasteiger partial charge in [0, 0.05) is 17.5 Å². The molecule has 1 fully saturated rings. The molecular weight excluding hydrogens is 462 g/mol. The minimum absolute atomic E-state index is 0.0683. The van der Waals surface area contributed by atoms with E-state index in [4.69, 9.17) is 0 Å². The van der Waals surface area contributed by atoms with Gasteiger partial charge in [0.1, 0.15) is 11.6 Å². The number of nitrogens with zero attached hydrogens (tertiary/aromatic N) is 3. The largest absolute Gasteiger partial charge is 0.303 e. The molecule has 0 saturated carbocycles. The first-order valence-electron chi connectivity index (χ1n) is 10.5. The molecule has 3 aromatic carbocycles. The Bertz CT molecular complexity index is 1500. The fourth-order valence-corrected chi connectivity index (χ4v) is 5.21. The lowest BCUT2D eigenvalue weighted by Crippen LogP contribution is -2.39. The van der Waals surface area contributed by atoms with Crippen LogP contribution in [0.2, 0.25) is 0 Å². The standard InChI is InChI=1S/C24H20F2N4O3S/c1-34(32,33)28-21-13-23(31)29(24(21)15-3-2-4-18(26)11-15)20-9-10-22-16(12-20)14-27-30(22)19-7-5-17(25)6-8-19/h2-12,14,21,24,28H,13H2,1H3/t21-,24?/m0/s1. The molecule has 34 heavy (non-hydrogen) atoms. The van der Waals surface area contributed by atoms with Crippen molar-refractivity contribution in [1.29, 1.82) is 0 Å². The Labute approximate surface area is 194 Å². The Morgan fingerprint density at radius 2 is 1.71 bits per heavy atom. The van der Waals surface area contributed by atoms with Crippen molar-refractivity contribution < 1.29 is 22.0 Å². The van der Waals surface area contributed by atoms with Gasteiger partial charge in [-0.3, -0.25) is 4.79 Å². The zero-order valence-corrected chi connectivity index (χ0v) is 18.8. The smallest absolute Gasteiger partial charge is 0.229 e. The van der Waals surface area contributed by atoms with E-state index < -0.39 is 27.9 Å². The minimum atomic E-state index is -3.62. The highest BCUT2D eigenvalue weighted by molar-refractivity contribution is 7.88. The molecule has 1 aliphatic heterocycles. The Morgan fingerprint density at radius 3 is 2.41 bits per heavy atom. The zero-order chi connectivity index (χ0) is 24.0. The number of halogens is 2. The number of hydrogen-bond acceptors (Lipinski definition) is 4. The Morgan fingerprint density at radius 1 is 0.971 bits per heavy atom. The maximum absolute atomic E-state index is 14.0. The third kappa shape index (κ3) is 4.17. The maximum Gasteiger partial charge on any atom is 0.229 e. The molecule has 0 bridgehead atoms. The van der Waals surface area contributed by atoms with Crippen LogP contribution in [0.15, 0.2) is 72.9 Å². The number of hydrogen-bond donors (Lipinski definition) is 1. The van der Waals surface area contributed by atoms with Gasteiger partial charge in [-0.2, -0.15) is 5.10 Å². The quantitative estimate of drug-likeness (QED) is 0.470. The first-order chi connectivity index (χ1) is 16.2. The number of amides is 1. The van der Waals surface area contributed by atoms with Crippen LogP contribution in [0, 0.1) is 11.6 Å². The second kappa shape index (κ2) is 8.30. The van der Waals surface area contributed by atoms with Crippen molar-refractivity contribution in [3.05, 3.63) is 90.1 Å². The summed E-state index contributed by atoms with van der Waals surface area (Å²) in [6.07, 6.45) is 2.59. The number of aromatic nitrogens is 2. The van der Waals surface area contributed by atoms with Crippen molar-refractivity contribution in [1.82, 2.24) is 14.5 Å². The fraction of sp³-hybridized carbons (Fsp3) is 0.167. The van der Waals surface area contributed by atoms with Gasteiger partial charge in [0.05, 0.1) is 35.7 Å². The number of sulfonamides is 1. The third-order valence-corrected chi connectivity index (χ3v) is 6.51. The van der Waals surface area contributed by atoms with Crippen molar-refractivity contribution in [2.24, 2.45) is 0 Å². The van der Waals surface area contributed by atoms with Crippen LogP contribution >= 0.6 is 0 Å². The summed E-state index contributed by atoms with van der Waals surface area (Å²) in [7, 11) is -3.62. The number of fused-ring (bicyclic) bond motifs is 1. The topological polar surface area (TPSA) is 84.3 Å². The number of benzene rings is 3. The van der Waals surface area contributed by atoms with Crippen LogP contribution in [0.3, 0.4) is 0 Å². The van der Waals surface area contributed by atoms with Crippen LogP contribution in [0.5, 0.6) is 0 Å². The molecule has 0 aliphatic carbocycles. The summed E-state index contributed by atoms with van der Waals surface area (Å²) in [5.74, 6) is -1.12. The lowest BCUT2D eigenvalue weighted by atomic mass is 10.00. The molecule has 4 aromatic rings. The SMILES string of the molecule is CS(=O)(=O)N[C@H]1CC(=O)N(c2ccc3c(cnn3-c3ccc(F)cc3)c2)C1c1cccc(F)c1. The van der Waals surface area contributed by atoms with E-state index in [1.807, 2.05) is 0 Å². The number of nitrogens with one attached hydrogen (secondary N) is 1. The van der Waals surface area contributed by atoms with E-state index >= 15 is 0 Å². The highest BCUT2D eigenvalue weighted by Crippen LogP contribution is 2.39. The molecule has 7 nitrogen and oxygen atoms in total. The summed E-state index contributed by atoms with van der Waals surface area (Å²) in [6.45, 7) is 0. The van der Waals surface area contributed by atoms with Crippen LogP contribution in [-0.4, -0.2) is 36.4 Å². The molecule has 0 radical (unpaired) electrons. The normalized spacial score (nSPS) is 18.7. The zero-order valence-electron chi connectivity index (χ0n) is 18.0. The molecule has 2 atom stereocenters. The summed E-state index contributed by atoms with van der Waals surface area (Å²) in [4.78, 5) is 14.6. The molecule has 1 aliphatic rings. The lowest BCUT2D eigenvalue weighted by Gasteiger charge is -2.29. The van der Waals surface area contributed by atoms with E-state index in [-0.39, 0.29) is 18.1 Å². The Balaban J connectivity index is 1.58. The van der Waals surface area contributed by atoms with Crippen LogP contribution in [0.25, 0.3) is 16.6 Å². The van der Waals surface area contributed by atoms with Crippen LogP contribution in [-0.2, 0) is 14.8 Å². The summed E-state index contributed by atoms with van der Waals surface area (Å²) < 4.78 is 55.4. The molecule has 174 valence electrons. The fourth-order valence-electron chi connectivity index (χ4n) is 4.45. The molecule has 0 spiro atoms. The first kappa shape index (κ1) is 22.2. The van der Waals surface area contributed by atoms with E-state index in [2.05, 4.69) is 9.82 Å². The molecule has 1 aromatic heterocycles. The van der Waals surface area contributed by atoms with Gasteiger partial charge in [0.15, 0.2) is 0 Å². The summed E-state index contributed by atoms with van der Waals surface area (Å²) in [6, 6.07) is 15.5. The summed E-state index contributed by atoms with van der Waals surface area (Å²) >= 11 is 0. The van der Waals surface area contributed by atoms with E-state index in [0.29, 0.717) is 16.9 Å². The van der Waals surface area contributed by atoms with E-state index in [1.54, 1.807) is 47.3 Å². The number of carbonyl (C=O) groups is 1. The average Bonchev–Trinajstić information content (AvgIpc) is 3.33. The summed E-state index contributed by atoms with van der Waals surface area (Å²) in [5.41, 5.74) is 2.43. The second-order valence-corrected chi connectivity index (χ2v) is 10.0. The number of carbonyl (C=O) groups excluding carboxylic acids is 1. The van der Waals surface area contributed by atoms with Crippen molar-refractivity contribution in [2.45, 2.75) is 18.5 Å². The number of anilines is 1. The van der Waals surface area contributed by atoms with Gasteiger partial charge in [-0.15, -0.1) is 0 Å². The molecule has 1 saturated heterocycles. The van der Waals surface area contributed by atoms with Gasteiger partial charge in [-0.25, -0.2) is 26.6 Å². The van der Waals surface area contributed by atoms with Gasteiger partial charge in [0.2, 0.25) is 15.9 Å². The van der Waals surface area contributed by atoms with Crippen molar-refractivity contribution in [3.63, 3.8) is 0 Å². The van der Waals surface area contributed by atoms with Crippen LogP contribution < -0.4 is 9.62 Å². The highest BCUT2D eigenvalue weighted by Gasteiger charge is 2.43. The molecule has 2 heterocycles. The highest BCUT2D eigenvalue weighted by atomic mass is 32.2. The van der Waals surface area contributed by atoms with Crippen molar-refractivity contribution >= 4 is 32.5 Å². The molecular formula is C24H20F2N4O3S. The van der Waals surface area contributed by atoms with E-state index in [9.17, 15) is 22.0 Å². The predicted molar refractivity (Wildman–Crippen MR) is 124 cm³/mol. The van der Waals surface area contributed by atoms with E-state index in [1.165, 1.54) is 35.2 Å². The van der Waals surface area contributed by atoms with Gasteiger partial charge >= 0.3 is 0 Å². The predicted octanol–water partition coefficient (Wildman–Crippen LogP) is 3.70. The molecule has 1 N–H and O–H groups in total.